The fourth-order valence-electron chi connectivity index (χ4n) is 2.74. The van der Waals surface area contributed by atoms with Crippen LogP contribution in [0.25, 0.3) is 10.9 Å². The first-order valence-corrected chi connectivity index (χ1v) is 7.23. The first-order chi connectivity index (χ1) is 8.78. The van der Waals surface area contributed by atoms with Gasteiger partial charge in [0.2, 0.25) is 5.75 Å². The van der Waals surface area contributed by atoms with Gasteiger partial charge in [0, 0.05) is 12.6 Å². The number of nitrogens with zero attached hydrogens (tertiary/aromatic N) is 1. The first-order valence-electron chi connectivity index (χ1n) is 5.90. The van der Waals surface area contributed by atoms with Gasteiger partial charge in [0.25, 0.3) is 10.4 Å². The van der Waals surface area contributed by atoms with Gasteiger partial charge in [-0.05, 0) is 17.7 Å². The highest BCUT2D eigenvalue weighted by Gasteiger charge is 2.33. The van der Waals surface area contributed by atoms with Crippen molar-refractivity contribution >= 4 is 27.0 Å². The molecule has 0 aliphatic carbocycles. The average Bonchev–Trinajstić information content (AvgIpc) is 2.66. The minimum atomic E-state index is -4.77. The molecule has 2 heterocycles. The fraction of sp³-hybridized carbons (Fsp3) is 0.333. The second-order valence-corrected chi connectivity index (χ2v) is 6.28. The van der Waals surface area contributed by atoms with Gasteiger partial charge in [-0.2, -0.15) is 0 Å². The fourth-order valence-corrected chi connectivity index (χ4v) is 3.10. The number of hydrogen-bond acceptors (Lipinski definition) is 4. The number of H-pyrrole nitrogens is 1. The van der Waals surface area contributed by atoms with Crippen LogP contribution in [0.1, 0.15) is 5.56 Å². The number of hydrogen-bond donors (Lipinski definition) is 1. The maximum atomic E-state index is 10.9. The standard InChI is InChI=1S/C12H14N2O4S/c1-14(2)6-5-8-7-13-9-3-4-10(12(14)11(8)9)18-19(15,16)17/h3-4,7,13H,5-6H2,1-2H3. The number of aromatic amines is 1. The first kappa shape index (κ1) is 12.5. The van der Waals surface area contributed by atoms with E-state index in [2.05, 4.69) is 9.17 Å². The van der Waals surface area contributed by atoms with Crippen LogP contribution in [0.5, 0.6) is 5.75 Å². The summed E-state index contributed by atoms with van der Waals surface area (Å²) in [5.74, 6) is 0.119. The van der Waals surface area contributed by atoms with E-state index in [-0.39, 0.29) is 5.75 Å². The molecule has 3 rings (SSSR count). The molecule has 0 fully saturated rings. The Morgan fingerprint density at radius 3 is 2.79 bits per heavy atom. The molecule has 19 heavy (non-hydrogen) atoms. The molecular formula is C12H14N2O4S. The second-order valence-electron chi connectivity index (χ2n) is 5.30. The predicted molar refractivity (Wildman–Crippen MR) is 70.8 cm³/mol. The van der Waals surface area contributed by atoms with E-state index in [1.54, 1.807) is 6.07 Å². The molecule has 1 aliphatic heterocycles. The molecular weight excluding hydrogens is 268 g/mol. The smallest absolute Gasteiger partial charge is 0.262 e. The average molecular weight is 282 g/mol. The maximum Gasteiger partial charge on any atom is 0.262 e. The molecule has 0 amide bonds. The summed E-state index contributed by atoms with van der Waals surface area (Å²) in [6, 6.07) is 3.26. The van der Waals surface area contributed by atoms with Crippen LogP contribution < -0.4 is 8.67 Å². The van der Waals surface area contributed by atoms with Crippen LogP contribution >= 0.6 is 0 Å². The second kappa shape index (κ2) is 3.72. The third-order valence-electron chi connectivity index (χ3n) is 3.60. The van der Waals surface area contributed by atoms with E-state index in [0.717, 1.165) is 35.1 Å². The van der Waals surface area contributed by atoms with Crippen molar-refractivity contribution in [3.05, 3.63) is 23.9 Å². The summed E-state index contributed by atoms with van der Waals surface area (Å²) in [6.07, 6.45) is 2.82. The summed E-state index contributed by atoms with van der Waals surface area (Å²) in [7, 11) is -0.836. The molecule has 0 unspecified atom stereocenters. The van der Waals surface area contributed by atoms with Crippen molar-refractivity contribution in [2.24, 2.45) is 0 Å². The van der Waals surface area contributed by atoms with E-state index in [1.807, 2.05) is 20.3 Å². The zero-order valence-electron chi connectivity index (χ0n) is 10.6. The minimum absolute atomic E-state index is 0.119. The van der Waals surface area contributed by atoms with Crippen LogP contribution in [0, 0.1) is 0 Å². The molecule has 0 saturated carbocycles. The van der Waals surface area contributed by atoms with Crippen LogP contribution in [0.4, 0.5) is 5.69 Å². The predicted octanol–water partition coefficient (Wildman–Crippen LogP) is 1.13. The Bertz CT molecular complexity index is 761. The van der Waals surface area contributed by atoms with Crippen molar-refractivity contribution in [1.82, 2.24) is 9.47 Å². The summed E-state index contributed by atoms with van der Waals surface area (Å²) in [4.78, 5) is 3.15. The quantitative estimate of drug-likeness (QED) is 0.508. The molecule has 2 aromatic rings. The number of rotatable bonds is 2. The molecule has 0 radical (unpaired) electrons. The van der Waals surface area contributed by atoms with Gasteiger partial charge in [0.05, 0.1) is 31.5 Å². The van der Waals surface area contributed by atoms with Crippen LogP contribution in [-0.4, -0.2) is 38.6 Å². The number of benzene rings is 1. The van der Waals surface area contributed by atoms with Crippen molar-refractivity contribution in [3.63, 3.8) is 0 Å². The van der Waals surface area contributed by atoms with Gasteiger partial charge in [0.1, 0.15) is 0 Å². The van der Waals surface area contributed by atoms with Gasteiger partial charge >= 0.3 is 0 Å². The third-order valence-corrected chi connectivity index (χ3v) is 3.98. The topological polar surface area (TPSA) is 82.2 Å². The molecule has 7 heteroatoms. The Morgan fingerprint density at radius 2 is 2.11 bits per heavy atom. The molecule has 102 valence electrons. The monoisotopic (exact) mass is 282 g/mol. The van der Waals surface area contributed by atoms with Crippen molar-refractivity contribution in [2.45, 2.75) is 6.42 Å². The normalized spacial score (nSPS) is 17.6. The number of likely N-dealkylation sites (N-methyl/N-ethyl adjacent to an activating group) is 1. The molecule has 1 aliphatic rings. The summed E-state index contributed by atoms with van der Waals surface area (Å²) in [6.45, 7) is 0.819. The number of quaternary nitrogens is 1. The Kier molecular flexibility index (Phi) is 2.44. The lowest BCUT2D eigenvalue weighted by molar-refractivity contribution is 0.356. The van der Waals surface area contributed by atoms with Gasteiger partial charge in [-0.1, -0.05) is 0 Å². The van der Waals surface area contributed by atoms with Gasteiger partial charge in [0.15, 0.2) is 5.69 Å². The Hall–Kier alpha value is -1.57. The molecule has 0 spiro atoms. The van der Waals surface area contributed by atoms with E-state index in [0.29, 0.717) is 4.48 Å². The zero-order valence-corrected chi connectivity index (χ0v) is 11.5. The van der Waals surface area contributed by atoms with Gasteiger partial charge in [-0.25, -0.2) is 8.42 Å². The molecule has 6 nitrogen and oxygen atoms in total. The lowest BCUT2D eigenvalue weighted by Crippen LogP contribution is -2.44. The molecule has 1 aromatic heterocycles. The molecule has 1 aromatic carbocycles. The van der Waals surface area contributed by atoms with Crippen LogP contribution in [0.3, 0.4) is 0 Å². The van der Waals surface area contributed by atoms with Crippen LogP contribution in [-0.2, 0) is 16.8 Å². The van der Waals surface area contributed by atoms with Crippen molar-refractivity contribution in [2.75, 3.05) is 20.6 Å². The highest BCUT2D eigenvalue weighted by atomic mass is 32.3. The van der Waals surface area contributed by atoms with Gasteiger partial charge in [-0.15, -0.1) is 0 Å². The highest BCUT2D eigenvalue weighted by molar-refractivity contribution is 7.81. The van der Waals surface area contributed by atoms with Gasteiger partial charge < -0.3 is 13.7 Å². The summed E-state index contributed by atoms with van der Waals surface area (Å²) in [5, 5.41) is 0.956. The minimum Gasteiger partial charge on any atom is -0.716 e. The van der Waals surface area contributed by atoms with Crippen LogP contribution in [0.15, 0.2) is 18.3 Å². The van der Waals surface area contributed by atoms with E-state index >= 15 is 0 Å². The Labute approximate surface area is 111 Å². The summed E-state index contributed by atoms with van der Waals surface area (Å²) in [5.41, 5.74) is 2.78. The lowest BCUT2D eigenvalue weighted by atomic mass is 10.0. The Balaban J connectivity index is 2.33. The summed E-state index contributed by atoms with van der Waals surface area (Å²) < 4.78 is 37.7. The molecule has 0 bridgehead atoms. The number of nitrogens with one attached hydrogen (secondary N) is 1. The Morgan fingerprint density at radius 1 is 1.37 bits per heavy atom. The zero-order chi connectivity index (χ0) is 13.8. The highest BCUT2D eigenvalue weighted by Crippen LogP contribution is 2.43. The largest absolute Gasteiger partial charge is 0.716 e. The van der Waals surface area contributed by atoms with E-state index in [1.165, 1.54) is 6.07 Å². The van der Waals surface area contributed by atoms with E-state index in [9.17, 15) is 13.0 Å². The van der Waals surface area contributed by atoms with Gasteiger partial charge in [-0.3, -0.25) is 4.48 Å². The number of aromatic nitrogens is 1. The lowest BCUT2D eigenvalue weighted by Gasteiger charge is -2.34. The maximum absolute atomic E-state index is 10.9. The SMILES string of the molecule is C[N+]1(C)CCc2c[nH]c3ccc(OS(=O)(=O)[O-])c1c23. The molecule has 0 atom stereocenters. The van der Waals surface area contributed by atoms with E-state index < -0.39 is 10.4 Å². The third kappa shape index (κ3) is 1.99. The van der Waals surface area contributed by atoms with Crippen LogP contribution in [0.2, 0.25) is 0 Å². The van der Waals surface area contributed by atoms with E-state index in [4.69, 9.17) is 0 Å². The van der Waals surface area contributed by atoms with Crippen molar-refractivity contribution in [1.29, 1.82) is 0 Å². The molecule has 0 saturated heterocycles. The van der Waals surface area contributed by atoms with Crippen molar-refractivity contribution < 1.29 is 17.2 Å². The van der Waals surface area contributed by atoms with Crippen molar-refractivity contribution in [3.8, 4) is 5.75 Å². The molecule has 1 N–H and O–H groups in total. The summed E-state index contributed by atoms with van der Waals surface area (Å²) >= 11 is 0.